The Labute approximate surface area is 130 Å². The molecule has 0 N–H and O–H groups in total. The second kappa shape index (κ2) is 5.68. The van der Waals surface area contributed by atoms with Gasteiger partial charge in [-0.1, -0.05) is 29.8 Å². The number of hydrogen-bond donors (Lipinski definition) is 0. The lowest BCUT2D eigenvalue weighted by Crippen LogP contribution is -1.97. The monoisotopic (exact) mass is 325 g/mol. The van der Waals surface area contributed by atoms with Crippen molar-refractivity contribution in [3.05, 3.63) is 63.9 Å². The first-order valence-electron chi connectivity index (χ1n) is 6.07. The van der Waals surface area contributed by atoms with Gasteiger partial charge in [0.1, 0.15) is 5.82 Å². The molecule has 1 aromatic heterocycles. The second-order valence-corrected chi connectivity index (χ2v) is 6.46. The molecule has 0 aliphatic carbocycles. The third-order valence-electron chi connectivity index (χ3n) is 2.99. The number of halogens is 3. The molecule has 0 amide bonds. The molecule has 0 radical (unpaired) electrons. The zero-order valence-corrected chi connectivity index (χ0v) is 12.6. The maximum Gasteiger partial charge on any atom is 0.124 e. The Morgan fingerprint density at radius 1 is 1.20 bits per heavy atom. The van der Waals surface area contributed by atoms with Crippen LogP contribution >= 0.6 is 34.5 Å². The van der Waals surface area contributed by atoms with E-state index in [-0.39, 0.29) is 11.2 Å². The molecule has 0 saturated carbocycles. The van der Waals surface area contributed by atoms with Gasteiger partial charge in [0, 0.05) is 11.4 Å². The Kier molecular flexibility index (Phi) is 3.92. The first-order chi connectivity index (χ1) is 9.63. The molecule has 0 bridgehead atoms. The van der Waals surface area contributed by atoms with Crippen LogP contribution in [0.15, 0.2) is 42.5 Å². The minimum absolute atomic E-state index is 0.316. The van der Waals surface area contributed by atoms with Crippen LogP contribution in [0.3, 0.4) is 0 Å². The summed E-state index contributed by atoms with van der Waals surface area (Å²) in [5.74, 6) is -0.359. The lowest BCUT2D eigenvalue weighted by Gasteiger charge is -2.09. The fourth-order valence-electron chi connectivity index (χ4n) is 2.03. The quantitative estimate of drug-likeness (QED) is 0.570. The number of aromatic nitrogens is 1. The van der Waals surface area contributed by atoms with Crippen LogP contribution in [0.4, 0.5) is 4.39 Å². The van der Waals surface area contributed by atoms with Crippen LogP contribution in [-0.4, -0.2) is 4.98 Å². The van der Waals surface area contributed by atoms with Gasteiger partial charge in [-0.25, -0.2) is 9.37 Å². The highest BCUT2D eigenvalue weighted by Gasteiger charge is 2.15. The fourth-order valence-corrected chi connectivity index (χ4v) is 3.82. The molecule has 2 aromatic carbocycles. The number of para-hydroxylation sites is 1. The summed E-state index contributed by atoms with van der Waals surface area (Å²) in [6.45, 7) is 0. The van der Waals surface area contributed by atoms with Gasteiger partial charge in [0.2, 0.25) is 0 Å². The maximum atomic E-state index is 13.0. The van der Waals surface area contributed by atoms with Gasteiger partial charge >= 0.3 is 0 Å². The Morgan fingerprint density at radius 3 is 2.75 bits per heavy atom. The van der Waals surface area contributed by atoms with E-state index in [9.17, 15) is 4.39 Å². The van der Waals surface area contributed by atoms with Gasteiger partial charge in [-0.3, -0.25) is 0 Å². The summed E-state index contributed by atoms with van der Waals surface area (Å²) in [5, 5.41) is 0.987. The summed E-state index contributed by atoms with van der Waals surface area (Å²) in [4.78, 5) is 4.54. The molecule has 1 unspecified atom stereocenters. The number of hydrogen-bond acceptors (Lipinski definition) is 2. The first kappa shape index (κ1) is 13.8. The van der Waals surface area contributed by atoms with Crippen molar-refractivity contribution >= 4 is 44.8 Å². The third kappa shape index (κ3) is 2.80. The predicted molar refractivity (Wildman–Crippen MR) is 83.3 cm³/mol. The van der Waals surface area contributed by atoms with E-state index in [4.69, 9.17) is 23.2 Å². The second-order valence-electron chi connectivity index (χ2n) is 4.41. The zero-order chi connectivity index (χ0) is 14.1. The van der Waals surface area contributed by atoms with Crippen LogP contribution in [0.1, 0.15) is 15.9 Å². The lowest BCUT2D eigenvalue weighted by atomic mass is 10.1. The largest absolute Gasteiger partial charge is 0.241 e. The van der Waals surface area contributed by atoms with E-state index in [0.717, 1.165) is 20.8 Å². The summed E-state index contributed by atoms with van der Waals surface area (Å²) in [6, 6.07) is 12.2. The molecule has 1 atom stereocenters. The molecule has 0 fully saturated rings. The molecule has 20 heavy (non-hydrogen) atoms. The third-order valence-corrected chi connectivity index (χ3v) is 4.77. The molecule has 1 nitrogen and oxygen atoms in total. The first-order valence-corrected chi connectivity index (χ1v) is 7.70. The van der Waals surface area contributed by atoms with Crippen LogP contribution in [0.25, 0.3) is 10.2 Å². The topological polar surface area (TPSA) is 12.9 Å². The number of benzene rings is 2. The highest BCUT2D eigenvalue weighted by Crippen LogP contribution is 2.33. The maximum absolute atomic E-state index is 13.0. The molecule has 0 aliphatic rings. The van der Waals surface area contributed by atoms with Gasteiger partial charge in [0.05, 0.1) is 20.6 Å². The van der Waals surface area contributed by atoms with E-state index in [0.29, 0.717) is 11.4 Å². The molecular weight excluding hydrogens is 316 g/mol. The summed E-state index contributed by atoms with van der Waals surface area (Å²) < 4.78 is 14.2. The smallest absolute Gasteiger partial charge is 0.124 e. The molecular formula is C15H10Cl2FNS. The lowest BCUT2D eigenvalue weighted by molar-refractivity contribution is 0.627. The molecule has 0 saturated heterocycles. The van der Waals surface area contributed by atoms with Crippen molar-refractivity contribution in [2.75, 3.05) is 0 Å². The average molecular weight is 326 g/mol. The molecule has 0 aliphatic heterocycles. The van der Waals surface area contributed by atoms with Gasteiger partial charge in [-0.05, 0) is 29.8 Å². The van der Waals surface area contributed by atoms with Crippen LogP contribution in [-0.2, 0) is 6.42 Å². The molecule has 1 heterocycles. The molecule has 5 heteroatoms. The summed E-state index contributed by atoms with van der Waals surface area (Å²) in [7, 11) is 0. The van der Waals surface area contributed by atoms with E-state index >= 15 is 0 Å². The van der Waals surface area contributed by atoms with E-state index < -0.39 is 0 Å². The Hall–Kier alpha value is -1.16. The Bertz CT molecular complexity index is 723. The average Bonchev–Trinajstić information content (AvgIpc) is 2.80. The van der Waals surface area contributed by atoms with Crippen LogP contribution < -0.4 is 0 Å². The highest BCUT2D eigenvalue weighted by molar-refractivity contribution is 7.18. The molecule has 3 rings (SSSR count). The summed E-state index contributed by atoms with van der Waals surface area (Å²) in [6.07, 6.45) is 0.576. The van der Waals surface area contributed by atoms with Crippen LogP contribution in [0.5, 0.6) is 0 Å². The zero-order valence-electron chi connectivity index (χ0n) is 10.3. The van der Waals surface area contributed by atoms with Crippen molar-refractivity contribution < 1.29 is 4.39 Å². The Balaban J connectivity index is 1.86. The SMILES string of the molecule is Fc1ccc(C(Cl)Cc2nc3ccccc3s2)c(Cl)c1. The highest BCUT2D eigenvalue weighted by atomic mass is 35.5. The van der Waals surface area contributed by atoms with Crippen molar-refractivity contribution in [1.82, 2.24) is 4.98 Å². The van der Waals surface area contributed by atoms with E-state index in [1.165, 1.54) is 12.1 Å². The minimum atomic E-state index is -0.359. The number of alkyl halides is 1. The van der Waals surface area contributed by atoms with E-state index in [2.05, 4.69) is 4.98 Å². The van der Waals surface area contributed by atoms with Crippen molar-refractivity contribution in [3.8, 4) is 0 Å². The van der Waals surface area contributed by atoms with Gasteiger partial charge in [-0.15, -0.1) is 22.9 Å². The van der Waals surface area contributed by atoms with Crippen LogP contribution in [0.2, 0.25) is 5.02 Å². The van der Waals surface area contributed by atoms with Gasteiger partial charge in [0.15, 0.2) is 0 Å². The number of nitrogens with zero attached hydrogens (tertiary/aromatic N) is 1. The van der Waals surface area contributed by atoms with Crippen LogP contribution in [0, 0.1) is 5.82 Å². The number of thiazole rings is 1. The van der Waals surface area contributed by atoms with Crippen molar-refractivity contribution in [2.45, 2.75) is 11.8 Å². The van der Waals surface area contributed by atoms with Crippen molar-refractivity contribution in [1.29, 1.82) is 0 Å². The van der Waals surface area contributed by atoms with Gasteiger partial charge in [0.25, 0.3) is 0 Å². The summed E-state index contributed by atoms with van der Waals surface area (Å²) in [5.41, 5.74) is 1.70. The molecule has 3 aromatic rings. The number of fused-ring (bicyclic) bond motifs is 1. The van der Waals surface area contributed by atoms with Crippen molar-refractivity contribution in [2.24, 2.45) is 0 Å². The van der Waals surface area contributed by atoms with E-state index in [1.807, 2.05) is 24.3 Å². The van der Waals surface area contributed by atoms with E-state index in [1.54, 1.807) is 17.4 Å². The Morgan fingerprint density at radius 2 is 2.00 bits per heavy atom. The van der Waals surface area contributed by atoms with Crippen molar-refractivity contribution in [3.63, 3.8) is 0 Å². The molecule has 0 spiro atoms. The fraction of sp³-hybridized carbons (Fsp3) is 0.133. The molecule has 102 valence electrons. The van der Waals surface area contributed by atoms with Gasteiger partial charge in [-0.2, -0.15) is 0 Å². The number of rotatable bonds is 3. The predicted octanol–water partition coefficient (Wildman–Crippen LogP) is 5.61. The normalized spacial score (nSPS) is 12.8. The minimum Gasteiger partial charge on any atom is -0.241 e. The van der Waals surface area contributed by atoms with Gasteiger partial charge < -0.3 is 0 Å². The summed E-state index contributed by atoms with van der Waals surface area (Å²) >= 11 is 14.0. The standard InChI is InChI=1S/C15H10Cl2FNS/c16-11-7-9(18)5-6-10(11)12(17)8-15-19-13-3-1-2-4-14(13)20-15/h1-7,12H,8H2.